The molecule has 3 N–H and O–H groups in total. The molecule has 0 spiro atoms. The van der Waals surface area contributed by atoms with Crippen LogP contribution in [0.1, 0.15) is 6.42 Å². The summed E-state index contributed by atoms with van der Waals surface area (Å²) in [6, 6.07) is -0.484. The van der Waals surface area contributed by atoms with Gasteiger partial charge in [-0.1, -0.05) is 12.2 Å². The van der Waals surface area contributed by atoms with E-state index in [-0.39, 0.29) is 6.42 Å². The maximum Gasteiger partial charge on any atom is 0.305 e. The second kappa shape index (κ2) is 3.51. The van der Waals surface area contributed by atoms with Crippen LogP contribution in [-0.4, -0.2) is 22.5 Å². The molecular formula is C4H7NO2S. The van der Waals surface area contributed by atoms with E-state index in [1.165, 1.54) is 5.37 Å². The minimum atomic E-state index is -0.918. The first-order valence-electron chi connectivity index (χ1n) is 2.09. The largest absolute Gasteiger partial charge is 0.481 e. The van der Waals surface area contributed by atoms with Crippen LogP contribution < -0.4 is 5.73 Å². The highest BCUT2D eigenvalue weighted by molar-refractivity contribution is 7.79. The number of hydrogen-bond donors (Lipinski definition) is 2. The highest BCUT2D eigenvalue weighted by Crippen LogP contribution is 1.82. The zero-order valence-corrected chi connectivity index (χ0v) is 5.02. The molecule has 8 heavy (non-hydrogen) atoms. The minimum Gasteiger partial charge on any atom is -0.481 e. The van der Waals surface area contributed by atoms with Crippen LogP contribution >= 0.6 is 12.2 Å². The van der Waals surface area contributed by atoms with Gasteiger partial charge in [-0.2, -0.15) is 0 Å². The molecule has 3 nitrogen and oxygen atoms in total. The number of thiocarbonyl (C=S) groups is 1. The van der Waals surface area contributed by atoms with E-state index in [4.69, 9.17) is 10.8 Å². The molecule has 0 aromatic carbocycles. The Morgan fingerprint density at radius 3 is 2.62 bits per heavy atom. The van der Waals surface area contributed by atoms with E-state index in [2.05, 4.69) is 12.2 Å². The number of aliphatic carboxylic acids is 1. The van der Waals surface area contributed by atoms with Crippen molar-refractivity contribution in [2.24, 2.45) is 5.73 Å². The third-order valence-corrected chi connectivity index (χ3v) is 0.935. The second-order valence-electron chi connectivity index (χ2n) is 1.40. The normalized spacial score (nSPS) is 12.6. The van der Waals surface area contributed by atoms with Gasteiger partial charge in [0, 0.05) is 6.04 Å². The fraction of sp³-hybridized carbons (Fsp3) is 0.500. The molecule has 0 aromatic heterocycles. The van der Waals surface area contributed by atoms with Crippen molar-refractivity contribution < 1.29 is 9.90 Å². The standard InChI is InChI=1S/C4H7NO2S/c5-3(2-8)1-4(6)7/h2-3H,1,5H2,(H,6,7)/t3-/m0/s1. The predicted octanol–water partition coefficient (Wildman–Crippen LogP) is -0.212. The topological polar surface area (TPSA) is 63.3 Å². The highest BCUT2D eigenvalue weighted by atomic mass is 32.1. The fourth-order valence-electron chi connectivity index (χ4n) is 0.250. The van der Waals surface area contributed by atoms with Gasteiger partial charge in [-0.15, -0.1) is 0 Å². The third-order valence-electron chi connectivity index (χ3n) is 0.585. The quantitative estimate of drug-likeness (QED) is 0.523. The molecule has 0 amide bonds. The van der Waals surface area contributed by atoms with Gasteiger partial charge >= 0.3 is 5.97 Å². The average molecular weight is 133 g/mol. The van der Waals surface area contributed by atoms with Gasteiger partial charge in [0.05, 0.1) is 6.42 Å². The molecular weight excluding hydrogens is 126 g/mol. The summed E-state index contributed by atoms with van der Waals surface area (Å²) in [5.41, 5.74) is 5.13. The first kappa shape index (κ1) is 7.52. The van der Waals surface area contributed by atoms with Gasteiger partial charge in [-0.3, -0.25) is 4.79 Å². The lowest BCUT2D eigenvalue weighted by Crippen LogP contribution is -2.23. The maximum absolute atomic E-state index is 9.82. The predicted molar refractivity (Wildman–Crippen MR) is 33.9 cm³/mol. The molecule has 46 valence electrons. The Hall–Kier alpha value is -0.480. The fourth-order valence-corrected chi connectivity index (χ4v) is 0.346. The van der Waals surface area contributed by atoms with Gasteiger partial charge in [0.1, 0.15) is 0 Å². The van der Waals surface area contributed by atoms with E-state index in [0.29, 0.717) is 0 Å². The van der Waals surface area contributed by atoms with E-state index in [9.17, 15) is 4.79 Å². The lowest BCUT2D eigenvalue weighted by molar-refractivity contribution is -0.137. The lowest BCUT2D eigenvalue weighted by Gasteiger charge is -1.96. The molecule has 1 atom stereocenters. The zero-order chi connectivity index (χ0) is 6.57. The summed E-state index contributed by atoms with van der Waals surface area (Å²) in [6.07, 6.45) is -0.0799. The molecule has 0 aliphatic rings. The molecule has 0 rings (SSSR count). The Labute approximate surface area is 52.5 Å². The van der Waals surface area contributed by atoms with Crippen LogP contribution in [0.3, 0.4) is 0 Å². The van der Waals surface area contributed by atoms with E-state index < -0.39 is 12.0 Å². The van der Waals surface area contributed by atoms with Crippen molar-refractivity contribution in [3.8, 4) is 0 Å². The van der Waals surface area contributed by atoms with Crippen molar-refractivity contribution in [2.45, 2.75) is 12.5 Å². The van der Waals surface area contributed by atoms with Crippen molar-refractivity contribution in [2.75, 3.05) is 0 Å². The van der Waals surface area contributed by atoms with Crippen LogP contribution in [-0.2, 0) is 4.79 Å². The molecule has 0 aliphatic heterocycles. The number of carboxylic acids is 1. The van der Waals surface area contributed by atoms with Crippen molar-refractivity contribution in [3.63, 3.8) is 0 Å². The first-order chi connectivity index (χ1) is 3.66. The zero-order valence-electron chi connectivity index (χ0n) is 4.20. The summed E-state index contributed by atoms with van der Waals surface area (Å²) in [6.45, 7) is 0. The van der Waals surface area contributed by atoms with Gasteiger partial charge in [-0.25, -0.2) is 0 Å². The van der Waals surface area contributed by atoms with E-state index >= 15 is 0 Å². The first-order valence-corrected chi connectivity index (χ1v) is 2.56. The summed E-state index contributed by atoms with van der Waals surface area (Å²) >= 11 is 4.38. The SMILES string of the molecule is N[C@H](C=S)CC(=O)O. The van der Waals surface area contributed by atoms with Crippen molar-refractivity contribution in [3.05, 3.63) is 0 Å². The van der Waals surface area contributed by atoms with Crippen LogP contribution in [0.15, 0.2) is 0 Å². The summed E-state index contributed by atoms with van der Waals surface area (Å²) in [4.78, 5) is 9.82. The lowest BCUT2D eigenvalue weighted by atomic mass is 10.3. The molecule has 0 bridgehead atoms. The molecule has 0 aliphatic carbocycles. The average Bonchev–Trinajstić information content (AvgIpc) is 1.65. The Kier molecular flexibility index (Phi) is 3.30. The van der Waals surface area contributed by atoms with E-state index in [0.717, 1.165) is 0 Å². The third kappa shape index (κ3) is 3.70. The molecule has 0 fully saturated rings. The summed E-state index contributed by atoms with van der Waals surface area (Å²) in [5, 5.41) is 9.31. The number of carboxylic acid groups (broad SMARTS) is 1. The van der Waals surface area contributed by atoms with Crippen LogP contribution in [0.5, 0.6) is 0 Å². The van der Waals surface area contributed by atoms with E-state index in [1.54, 1.807) is 0 Å². The molecule has 0 saturated carbocycles. The molecule has 0 unspecified atom stereocenters. The summed E-state index contributed by atoms with van der Waals surface area (Å²) in [7, 11) is 0. The number of nitrogens with two attached hydrogens (primary N) is 1. The Bertz CT molecular complexity index is 104. The monoisotopic (exact) mass is 133 g/mol. The summed E-state index contributed by atoms with van der Waals surface area (Å²) in [5.74, 6) is -0.918. The van der Waals surface area contributed by atoms with Crippen LogP contribution in [0, 0.1) is 0 Å². The number of hydrogen-bond acceptors (Lipinski definition) is 3. The number of rotatable bonds is 3. The highest BCUT2D eigenvalue weighted by Gasteiger charge is 2.01. The second-order valence-corrected chi connectivity index (χ2v) is 1.67. The summed E-state index contributed by atoms with van der Waals surface area (Å²) < 4.78 is 0. The van der Waals surface area contributed by atoms with Crippen LogP contribution in [0.2, 0.25) is 0 Å². The van der Waals surface area contributed by atoms with Gasteiger partial charge in [-0.05, 0) is 5.37 Å². The van der Waals surface area contributed by atoms with Crippen molar-refractivity contribution in [1.82, 2.24) is 0 Å². The van der Waals surface area contributed by atoms with Crippen molar-refractivity contribution in [1.29, 1.82) is 0 Å². The number of carbonyl (C=O) groups is 1. The van der Waals surface area contributed by atoms with E-state index in [1.807, 2.05) is 0 Å². The Morgan fingerprint density at radius 2 is 2.50 bits per heavy atom. The molecule has 4 heteroatoms. The maximum atomic E-state index is 9.82. The smallest absolute Gasteiger partial charge is 0.305 e. The minimum absolute atomic E-state index is 0.0799. The van der Waals surface area contributed by atoms with Crippen LogP contribution in [0.4, 0.5) is 0 Å². The Morgan fingerprint density at radius 1 is 2.00 bits per heavy atom. The molecule has 0 saturated heterocycles. The molecule has 0 radical (unpaired) electrons. The molecule has 0 aromatic rings. The Balaban J connectivity index is 3.38. The van der Waals surface area contributed by atoms with Gasteiger partial charge in [0.15, 0.2) is 0 Å². The van der Waals surface area contributed by atoms with Crippen molar-refractivity contribution >= 4 is 23.6 Å². The molecule has 0 heterocycles. The van der Waals surface area contributed by atoms with Gasteiger partial charge in [0.25, 0.3) is 0 Å². The van der Waals surface area contributed by atoms with Gasteiger partial charge < -0.3 is 10.8 Å². The van der Waals surface area contributed by atoms with Gasteiger partial charge in [0.2, 0.25) is 0 Å². The van der Waals surface area contributed by atoms with Crippen LogP contribution in [0.25, 0.3) is 0 Å².